The maximum Gasteiger partial charge on any atom is -0.0166 e. The van der Waals surface area contributed by atoms with Crippen molar-refractivity contribution in [3.05, 3.63) is 10.2 Å². The molecule has 0 aromatic carbocycles. The zero-order valence-corrected chi connectivity index (χ0v) is 8.56. The molecule has 0 N–H and O–H groups in total. The van der Waals surface area contributed by atoms with E-state index in [1.165, 1.54) is 42.1 Å². The van der Waals surface area contributed by atoms with E-state index < -0.39 is 0 Å². The fourth-order valence-electron chi connectivity index (χ4n) is 1.66. The Kier molecular flexibility index (Phi) is 3.74. The molecule has 0 aromatic heterocycles. The second-order valence-corrected chi connectivity index (χ2v) is 4.73. The lowest BCUT2D eigenvalue weighted by molar-refractivity contribution is 0.508. The highest BCUT2D eigenvalue weighted by atomic mass is 127. The summed E-state index contributed by atoms with van der Waals surface area (Å²) in [5.41, 5.74) is 0. The normalized spacial score (nSPS) is 19.7. The Labute approximate surface area is 77.2 Å². The summed E-state index contributed by atoms with van der Waals surface area (Å²) in [4.78, 5) is 0. The molecule has 0 atom stereocenters. The summed E-state index contributed by atoms with van der Waals surface area (Å²) in [5.74, 6) is 1.03. The van der Waals surface area contributed by atoms with Crippen molar-refractivity contribution < 1.29 is 0 Å². The van der Waals surface area contributed by atoms with E-state index in [0.717, 1.165) is 5.92 Å². The monoisotopic (exact) mass is 250 g/mol. The predicted octanol–water partition coefficient (Wildman–Crippen LogP) is 3.91. The molecule has 1 fully saturated rings. The molecule has 1 saturated carbocycles. The van der Waals surface area contributed by atoms with Crippen LogP contribution in [0.2, 0.25) is 0 Å². The van der Waals surface area contributed by atoms with Crippen molar-refractivity contribution in [2.24, 2.45) is 5.92 Å². The predicted molar refractivity (Wildman–Crippen MR) is 54.4 cm³/mol. The Morgan fingerprint density at radius 3 is 2.50 bits per heavy atom. The van der Waals surface area contributed by atoms with Crippen molar-refractivity contribution in [3.63, 3.8) is 0 Å². The van der Waals surface area contributed by atoms with Gasteiger partial charge >= 0.3 is 0 Å². The molecule has 0 nitrogen and oxygen atoms in total. The molecule has 0 bridgehead atoms. The van der Waals surface area contributed by atoms with Gasteiger partial charge in [-0.2, -0.15) is 0 Å². The molecule has 0 aliphatic heterocycles. The molecule has 0 unspecified atom stereocenters. The molecule has 0 heterocycles. The molecule has 10 heavy (non-hydrogen) atoms. The molecule has 1 rings (SSSR count). The average Bonchev–Trinajstić information content (AvgIpc) is 2.34. The van der Waals surface area contributed by atoms with Gasteiger partial charge in [0.2, 0.25) is 0 Å². The highest BCUT2D eigenvalue weighted by Gasteiger charge is 2.13. The van der Waals surface area contributed by atoms with Crippen LogP contribution in [0.25, 0.3) is 0 Å². The Morgan fingerprint density at radius 1 is 1.40 bits per heavy atom. The second kappa shape index (κ2) is 4.37. The largest absolute Gasteiger partial charge is 0.0897 e. The summed E-state index contributed by atoms with van der Waals surface area (Å²) in [6, 6.07) is 0. The van der Waals surface area contributed by atoms with Crippen LogP contribution < -0.4 is 0 Å². The van der Waals surface area contributed by atoms with E-state index in [0.29, 0.717) is 0 Å². The average molecular weight is 250 g/mol. The smallest absolute Gasteiger partial charge is 0.0166 e. The van der Waals surface area contributed by atoms with Gasteiger partial charge in [-0.05, 0) is 44.9 Å². The van der Waals surface area contributed by atoms with Crippen LogP contribution >= 0.6 is 22.6 Å². The molecule has 0 saturated heterocycles. The lowest BCUT2D eigenvalue weighted by atomic mass is 10.0. The summed E-state index contributed by atoms with van der Waals surface area (Å²) in [6.45, 7) is 3.90. The van der Waals surface area contributed by atoms with E-state index in [4.69, 9.17) is 0 Å². The van der Waals surface area contributed by atoms with Crippen molar-refractivity contribution in [2.45, 2.75) is 38.5 Å². The molecule has 0 spiro atoms. The first kappa shape index (κ1) is 8.57. The van der Waals surface area contributed by atoms with Crippen LogP contribution in [-0.4, -0.2) is 0 Å². The summed E-state index contributed by atoms with van der Waals surface area (Å²) >= 11 is 2.33. The standard InChI is InChI=1S/C9H15I/c1-8(10)6-7-9-4-2-3-5-9/h9H,1-7H2. The third-order valence-electron chi connectivity index (χ3n) is 2.30. The first-order chi connectivity index (χ1) is 4.79. The minimum Gasteiger partial charge on any atom is -0.0897 e. The van der Waals surface area contributed by atoms with Gasteiger partial charge in [0.05, 0.1) is 0 Å². The van der Waals surface area contributed by atoms with E-state index in [1.807, 2.05) is 0 Å². The number of hydrogen-bond donors (Lipinski definition) is 0. The molecule has 0 amide bonds. The maximum atomic E-state index is 3.90. The second-order valence-electron chi connectivity index (χ2n) is 3.21. The topological polar surface area (TPSA) is 0 Å². The Bertz CT molecular complexity index is 112. The van der Waals surface area contributed by atoms with Crippen LogP contribution in [0.1, 0.15) is 38.5 Å². The van der Waals surface area contributed by atoms with Crippen LogP contribution in [0.3, 0.4) is 0 Å². The number of halogens is 1. The SMILES string of the molecule is C=C(I)CCC1CCCC1. The zero-order valence-electron chi connectivity index (χ0n) is 6.41. The molecule has 1 aliphatic carbocycles. The van der Waals surface area contributed by atoms with E-state index in [9.17, 15) is 0 Å². The van der Waals surface area contributed by atoms with Crippen molar-refractivity contribution in [1.82, 2.24) is 0 Å². The quantitative estimate of drug-likeness (QED) is 0.666. The number of hydrogen-bond acceptors (Lipinski definition) is 0. The van der Waals surface area contributed by atoms with Gasteiger partial charge in [0.15, 0.2) is 0 Å². The summed E-state index contributed by atoms with van der Waals surface area (Å²) in [5, 5.41) is 0. The van der Waals surface area contributed by atoms with Crippen LogP contribution in [0, 0.1) is 5.92 Å². The molecule has 0 aromatic rings. The van der Waals surface area contributed by atoms with Gasteiger partial charge in [0.1, 0.15) is 0 Å². The molecular formula is C9H15I. The van der Waals surface area contributed by atoms with Gasteiger partial charge in [0, 0.05) is 0 Å². The minimum absolute atomic E-state index is 1.03. The van der Waals surface area contributed by atoms with E-state index in [2.05, 4.69) is 29.2 Å². The fraction of sp³-hybridized carbons (Fsp3) is 0.778. The van der Waals surface area contributed by atoms with Crippen LogP contribution in [-0.2, 0) is 0 Å². The van der Waals surface area contributed by atoms with Crippen molar-refractivity contribution in [1.29, 1.82) is 0 Å². The number of rotatable bonds is 3. The van der Waals surface area contributed by atoms with Gasteiger partial charge < -0.3 is 0 Å². The molecule has 1 heteroatoms. The van der Waals surface area contributed by atoms with Crippen molar-refractivity contribution in [2.75, 3.05) is 0 Å². The van der Waals surface area contributed by atoms with Crippen LogP contribution in [0.4, 0.5) is 0 Å². The van der Waals surface area contributed by atoms with Gasteiger partial charge in [-0.1, -0.05) is 32.3 Å². The Balaban J connectivity index is 2.07. The highest BCUT2D eigenvalue weighted by molar-refractivity contribution is 14.1. The van der Waals surface area contributed by atoms with Crippen LogP contribution in [0.5, 0.6) is 0 Å². The third-order valence-corrected chi connectivity index (χ3v) is 2.84. The number of allylic oxidation sites excluding steroid dienone is 1. The first-order valence-corrected chi connectivity index (χ1v) is 5.20. The van der Waals surface area contributed by atoms with Gasteiger partial charge in [-0.3, -0.25) is 0 Å². The molecule has 1 aliphatic rings. The Morgan fingerprint density at radius 2 is 2.00 bits per heavy atom. The lowest BCUT2D eigenvalue weighted by Crippen LogP contribution is -1.91. The molecular weight excluding hydrogens is 235 g/mol. The van der Waals surface area contributed by atoms with Crippen LogP contribution in [0.15, 0.2) is 10.2 Å². The van der Waals surface area contributed by atoms with Gasteiger partial charge in [-0.25, -0.2) is 0 Å². The third kappa shape index (κ3) is 3.04. The molecule has 58 valence electrons. The summed E-state index contributed by atoms with van der Waals surface area (Å²) < 4.78 is 1.32. The van der Waals surface area contributed by atoms with Crippen molar-refractivity contribution >= 4 is 22.6 Å². The highest BCUT2D eigenvalue weighted by Crippen LogP contribution is 2.30. The summed E-state index contributed by atoms with van der Waals surface area (Å²) in [6.07, 6.45) is 8.53. The summed E-state index contributed by atoms with van der Waals surface area (Å²) in [7, 11) is 0. The minimum atomic E-state index is 1.03. The van der Waals surface area contributed by atoms with E-state index in [1.54, 1.807) is 0 Å². The van der Waals surface area contributed by atoms with Gasteiger partial charge in [-0.15, -0.1) is 0 Å². The maximum absolute atomic E-state index is 3.90. The fourth-order valence-corrected chi connectivity index (χ4v) is 1.97. The Hall–Kier alpha value is 0.470. The molecule has 0 radical (unpaired) electrons. The van der Waals surface area contributed by atoms with E-state index in [-0.39, 0.29) is 0 Å². The zero-order chi connectivity index (χ0) is 7.40. The van der Waals surface area contributed by atoms with E-state index >= 15 is 0 Å². The van der Waals surface area contributed by atoms with Gasteiger partial charge in [0.25, 0.3) is 0 Å². The lowest BCUT2D eigenvalue weighted by Gasteiger charge is -2.06. The van der Waals surface area contributed by atoms with Crippen molar-refractivity contribution in [3.8, 4) is 0 Å². The first-order valence-electron chi connectivity index (χ1n) is 4.12.